The first kappa shape index (κ1) is 17.4. The number of amides is 1. The second-order valence-corrected chi connectivity index (χ2v) is 7.05. The summed E-state index contributed by atoms with van der Waals surface area (Å²) in [4.78, 5) is 17.2. The Bertz CT molecular complexity index is 520. The van der Waals surface area contributed by atoms with Crippen LogP contribution in [0.2, 0.25) is 0 Å². The highest BCUT2D eigenvalue weighted by molar-refractivity contribution is 5.78. The van der Waals surface area contributed by atoms with Crippen LogP contribution in [-0.4, -0.2) is 60.6 Å². The first-order chi connectivity index (χ1) is 11.8. The second kappa shape index (κ2) is 8.63. The van der Waals surface area contributed by atoms with Crippen LogP contribution in [0.25, 0.3) is 0 Å². The molecule has 0 spiro atoms. The van der Waals surface area contributed by atoms with Gasteiger partial charge in [0.05, 0.1) is 19.3 Å². The van der Waals surface area contributed by atoms with E-state index in [1.807, 2.05) is 4.90 Å². The lowest BCUT2D eigenvalue weighted by Gasteiger charge is -2.38. The lowest BCUT2D eigenvalue weighted by Crippen LogP contribution is -2.51. The topological polar surface area (TPSA) is 32.8 Å². The van der Waals surface area contributed by atoms with Crippen molar-refractivity contribution in [3.63, 3.8) is 0 Å². The number of piperidine rings is 1. The Morgan fingerprint density at radius 3 is 2.83 bits per heavy atom. The number of benzene rings is 1. The van der Waals surface area contributed by atoms with Crippen LogP contribution >= 0.6 is 0 Å². The Morgan fingerprint density at radius 2 is 2.04 bits per heavy atom. The lowest BCUT2D eigenvalue weighted by molar-refractivity contribution is -0.141. The molecule has 0 saturated carbocycles. The van der Waals surface area contributed by atoms with Crippen LogP contribution in [-0.2, 0) is 16.0 Å². The predicted molar refractivity (Wildman–Crippen MR) is 96.0 cm³/mol. The van der Waals surface area contributed by atoms with E-state index in [1.54, 1.807) is 0 Å². The van der Waals surface area contributed by atoms with Crippen molar-refractivity contribution < 1.29 is 9.53 Å². The zero-order chi connectivity index (χ0) is 16.8. The SMILES string of the molecule is CCC1CN(C(=O)CN2CCCCC2Cc2ccccc2)CCO1. The standard InChI is InChI=1S/C20H30N2O2/c1-2-19-15-22(12-13-24-19)20(23)16-21-11-7-6-10-18(21)14-17-8-4-3-5-9-17/h3-5,8-9,18-19H,2,6-7,10-16H2,1H3. The van der Waals surface area contributed by atoms with Crippen LogP contribution in [0, 0.1) is 0 Å². The number of nitrogens with zero attached hydrogens (tertiary/aromatic N) is 2. The summed E-state index contributed by atoms with van der Waals surface area (Å²) in [6.07, 6.45) is 5.92. The summed E-state index contributed by atoms with van der Waals surface area (Å²) < 4.78 is 5.69. The summed E-state index contributed by atoms with van der Waals surface area (Å²) in [5.74, 6) is 0.275. The van der Waals surface area contributed by atoms with Crippen LogP contribution in [0.5, 0.6) is 0 Å². The molecule has 2 aliphatic heterocycles. The zero-order valence-corrected chi connectivity index (χ0v) is 14.8. The number of carbonyl (C=O) groups is 1. The van der Waals surface area contributed by atoms with Crippen molar-refractivity contribution in [3.8, 4) is 0 Å². The highest BCUT2D eigenvalue weighted by Crippen LogP contribution is 2.21. The molecule has 0 bridgehead atoms. The zero-order valence-electron chi connectivity index (χ0n) is 14.8. The second-order valence-electron chi connectivity index (χ2n) is 7.05. The van der Waals surface area contributed by atoms with Gasteiger partial charge in [-0.1, -0.05) is 43.7 Å². The fraction of sp³-hybridized carbons (Fsp3) is 0.650. The van der Waals surface area contributed by atoms with Gasteiger partial charge in [0.25, 0.3) is 0 Å². The quantitative estimate of drug-likeness (QED) is 0.832. The van der Waals surface area contributed by atoms with Gasteiger partial charge in [0, 0.05) is 19.1 Å². The van der Waals surface area contributed by atoms with Crippen LogP contribution in [0.1, 0.15) is 38.2 Å². The first-order valence-electron chi connectivity index (χ1n) is 9.43. The van der Waals surface area contributed by atoms with Crippen molar-refractivity contribution >= 4 is 5.91 Å². The monoisotopic (exact) mass is 330 g/mol. The molecule has 4 nitrogen and oxygen atoms in total. The van der Waals surface area contributed by atoms with Crippen molar-refractivity contribution in [1.82, 2.24) is 9.80 Å². The third-order valence-electron chi connectivity index (χ3n) is 5.35. The fourth-order valence-electron chi connectivity index (χ4n) is 3.85. The molecule has 4 heteroatoms. The minimum Gasteiger partial charge on any atom is -0.375 e. The van der Waals surface area contributed by atoms with E-state index in [0.717, 1.165) is 32.5 Å². The third kappa shape index (κ3) is 4.58. The maximum absolute atomic E-state index is 12.8. The molecule has 2 heterocycles. The van der Waals surface area contributed by atoms with Crippen molar-refractivity contribution in [2.24, 2.45) is 0 Å². The number of morpholine rings is 1. The third-order valence-corrected chi connectivity index (χ3v) is 5.35. The molecule has 1 amide bonds. The number of hydrogen-bond donors (Lipinski definition) is 0. The van der Waals surface area contributed by atoms with Gasteiger partial charge in [-0.3, -0.25) is 9.69 Å². The van der Waals surface area contributed by atoms with Gasteiger partial charge in [-0.15, -0.1) is 0 Å². The van der Waals surface area contributed by atoms with E-state index in [-0.39, 0.29) is 12.0 Å². The lowest BCUT2D eigenvalue weighted by atomic mass is 9.95. The van der Waals surface area contributed by atoms with Gasteiger partial charge >= 0.3 is 0 Å². The molecule has 0 radical (unpaired) electrons. The van der Waals surface area contributed by atoms with Crippen molar-refractivity contribution in [2.75, 3.05) is 32.8 Å². The number of ether oxygens (including phenoxy) is 1. The molecular weight excluding hydrogens is 300 g/mol. The predicted octanol–water partition coefficient (Wildman–Crippen LogP) is 2.72. The Balaban J connectivity index is 1.58. The van der Waals surface area contributed by atoms with Gasteiger partial charge in [0.2, 0.25) is 5.91 Å². The molecule has 3 rings (SSSR count). The molecule has 0 aromatic heterocycles. The summed E-state index contributed by atoms with van der Waals surface area (Å²) >= 11 is 0. The maximum atomic E-state index is 12.8. The molecule has 1 aromatic rings. The van der Waals surface area contributed by atoms with Crippen LogP contribution < -0.4 is 0 Å². The summed E-state index contributed by atoms with van der Waals surface area (Å²) in [6.45, 7) is 5.91. The highest BCUT2D eigenvalue weighted by atomic mass is 16.5. The van der Waals surface area contributed by atoms with E-state index in [4.69, 9.17) is 4.74 Å². The molecule has 2 aliphatic rings. The molecule has 2 fully saturated rings. The minimum absolute atomic E-state index is 0.212. The van der Waals surface area contributed by atoms with Gasteiger partial charge in [-0.05, 0) is 37.8 Å². The van der Waals surface area contributed by atoms with Crippen molar-refractivity contribution in [1.29, 1.82) is 0 Å². The minimum atomic E-state index is 0.212. The Morgan fingerprint density at radius 1 is 1.21 bits per heavy atom. The van der Waals surface area contributed by atoms with Gasteiger partial charge in [0.1, 0.15) is 0 Å². The first-order valence-corrected chi connectivity index (χ1v) is 9.43. The highest BCUT2D eigenvalue weighted by Gasteiger charge is 2.28. The molecule has 1 aromatic carbocycles. The number of hydrogen-bond acceptors (Lipinski definition) is 3. The number of carbonyl (C=O) groups excluding carboxylic acids is 1. The van der Waals surface area contributed by atoms with Gasteiger partial charge in [-0.2, -0.15) is 0 Å². The van der Waals surface area contributed by atoms with E-state index in [2.05, 4.69) is 42.2 Å². The van der Waals surface area contributed by atoms with Crippen LogP contribution in [0.4, 0.5) is 0 Å². The Kier molecular flexibility index (Phi) is 6.27. The van der Waals surface area contributed by atoms with Crippen molar-refractivity contribution in [3.05, 3.63) is 35.9 Å². The molecular formula is C20H30N2O2. The van der Waals surface area contributed by atoms with E-state index in [0.29, 0.717) is 19.2 Å². The molecule has 24 heavy (non-hydrogen) atoms. The summed E-state index contributed by atoms with van der Waals surface area (Å²) in [5, 5.41) is 0. The Labute approximate surface area is 145 Å². The molecule has 2 atom stereocenters. The summed E-state index contributed by atoms with van der Waals surface area (Å²) in [7, 11) is 0. The Hall–Kier alpha value is -1.39. The largest absolute Gasteiger partial charge is 0.375 e. The smallest absolute Gasteiger partial charge is 0.236 e. The fourth-order valence-corrected chi connectivity index (χ4v) is 3.85. The number of likely N-dealkylation sites (tertiary alicyclic amines) is 1. The molecule has 0 N–H and O–H groups in total. The van der Waals surface area contributed by atoms with Crippen LogP contribution in [0.15, 0.2) is 30.3 Å². The van der Waals surface area contributed by atoms with E-state index >= 15 is 0 Å². The normalized spacial score (nSPS) is 25.6. The van der Waals surface area contributed by atoms with Crippen molar-refractivity contribution in [2.45, 2.75) is 51.2 Å². The average molecular weight is 330 g/mol. The molecule has 2 saturated heterocycles. The molecule has 0 aliphatic carbocycles. The maximum Gasteiger partial charge on any atom is 0.236 e. The molecule has 132 valence electrons. The average Bonchev–Trinajstić information content (AvgIpc) is 2.64. The van der Waals surface area contributed by atoms with Gasteiger partial charge < -0.3 is 9.64 Å². The van der Waals surface area contributed by atoms with E-state index in [9.17, 15) is 4.79 Å². The number of rotatable bonds is 5. The molecule has 2 unspecified atom stereocenters. The summed E-state index contributed by atoms with van der Waals surface area (Å²) in [6, 6.07) is 11.2. The van der Waals surface area contributed by atoms with E-state index in [1.165, 1.54) is 24.8 Å². The van der Waals surface area contributed by atoms with Crippen LogP contribution in [0.3, 0.4) is 0 Å². The van der Waals surface area contributed by atoms with Gasteiger partial charge in [0.15, 0.2) is 0 Å². The van der Waals surface area contributed by atoms with Gasteiger partial charge in [-0.25, -0.2) is 0 Å². The summed E-state index contributed by atoms with van der Waals surface area (Å²) in [5.41, 5.74) is 1.37. The van der Waals surface area contributed by atoms with E-state index < -0.39 is 0 Å².